The fraction of sp³-hybridized carbons (Fsp3) is 0.367. The van der Waals surface area contributed by atoms with Gasteiger partial charge in [0, 0.05) is 48.9 Å². The molecule has 1 aliphatic carbocycles. The molecule has 0 spiro atoms. The van der Waals surface area contributed by atoms with Crippen molar-refractivity contribution in [1.82, 2.24) is 4.90 Å². The molecule has 1 amide bonds. The zero-order chi connectivity index (χ0) is 25.3. The molecule has 1 fully saturated rings. The molecule has 0 atom stereocenters. The highest BCUT2D eigenvalue weighted by Gasteiger charge is 2.30. The number of benzene rings is 2. The number of primary amides is 1. The summed E-state index contributed by atoms with van der Waals surface area (Å²) in [4.78, 5) is 17.7. The molecule has 4 nitrogen and oxygen atoms in total. The molecule has 2 aromatic carbocycles. The van der Waals surface area contributed by atoms with Gasteiger partial charge in [0.05, 0.1) is 0 Å². The number of nitrogens with two attached hydrogens (primary N) is 1. The Morgan fingerprint density at radius 2 is 1.69 bits per heavy atom. The van der Waals surface area contributed by atoms with Gasteiger partial charge in [-0.15, -0.1) is 11.3 Å². The van der Waals surface area contributed by atoms with Gasteiger partial charge in [-0.2, -0.15) is 0 Å². The number of thiophene rings is 1. The normalized spacial score (nSPS) is 18.5. The molecule has 0 radical (unpaired) electrons. The second-order valence-electron chi connectivity index (χ2n) is 10.8. The number of nitrogens with zero attached hydrogens (tertiary/aromatic N) is 2. The number of anilines is 1. The number of rotatable bonds is 6. The summed E-state index contributed by atoms with van der Waals surface area (Å²) in [6, 6.07) is 16.7. The van der Waals surface area contributed by atoms with E-state index in [0.29, 0.717) is 11.0 Å². The maximum Gasteiger partial charge on any atom is 0.248 e. The van der Waals surface area contributed by atoms with Crippen LogP contribution in [-0.2, 0) is 0 Å². The van der Waals surface area contributed by atoms with Crippen molar-refractivity contribution in [3.05, 3.63) is 81.8 Å². The van der Waals surface area contributed by atoms with Gasteiger partial charge in [-0.1, -0.05) is 31.6 Å². The van der Waals surface area contributed by atoms with Crippen molar-refractivity contribution in [3.8, 4) is 11.1 Å². The SMILES string of the molecule is CC1(C)CCC(CN2CCN(c3ccc(C(N)=O)cc3)CC2)=C(c2cc(-c3ccc(F)cc3)cs2)C1. The van der Waals surface area contributed by atoms with Gasteiger partial charge in [0.15, 0.2) is 0 Å². The predicted octanol–water partition coefficient (Wildman–Crippen LogP) is 6.44. The van der Waals surface area contributed by atoms with Crippen molar-refractivity contribution in [2.45, 2.75) is 33.1 Å². The van der Waals surface area contributed by atoms with Crippen molar-refractivity contribution < 1.29 is 9.18 Å². The number of allylic oxidation sites excluding steroid dienone is 1. The predicted molar refractivity (Wildman–Crippen MR) is 148 cm³/mol. The van der Waals surface area contributed by atoms with E-state index in [1.165, 1.54) is 34.6 Å². The van der Waals surface area contributed by atoms with Crippen molar-refractivity contribution in [2.75, 3.05) is 37.6 Å². The van der Waals surface area contributed by atoms with E-state index in [1.54, 1.807) is 5.57 Å². The van der Waals surface area contributed by atoms with Crippen LogP contribution in [0.3, 0.4) is 0 Å². The largest absolute Gasteiger partial charge is 0.369 e. The van der Waals surface area contributed by atoms with E-state index in [9.17, 15) is 9.18 Å². The van der Waals surface area contributed by atoms with Crippen molar-refractivity contribution >= 4 is 28.5 Å². The van der Waals surface area contributed by atoms with Gasteiger partial charge in [0.1, 0.15) is 5.82 Å². The lowest BCUT2D eigenvalue weighted by Crippen LogP contribution is -2.47. The molecule has 0 bridgehead atoms. The lowest BCUT2D eigenvalue weighted by atomic mass is 9.73. The van der Waals surface area contributed by atoms with Crippen LogP contribution in [0.15, 0.2) is 65.6 Å². The first-order chi connectivity index (χ1) is 17.3. The first kappa shape index (κ1) is 24.7. The van der Waals surface area contributed by atoms with E-state index in [0.717, 1.165) is 56.8 Å². The van der Waals surface area contributed by atoms with E-state index < -0.39 is 0 Å². The zero-order valence-corrected chi connectivity index (χ0v) is 21.9. The molecule has 3 aromatic rings. The number of hydrogen-bond donors (Lipinski definition) is 1. The summed E-state index contributed by atoms with van der Waals surface area (Å²) in [5, 5.41) is 2.21. The number of amides is 1. The van der Waals surface area contributed by atoms with E-state index in [4.69, 9.17) is 5.73 Å². The summed E-state index contributed by atoms with van der Waals surface area (Å²) in [6.07, 6.45) is 3.45. The van der Waals surface area contributed by atoms with Crippen LogP contribution in [0.5, 0.6) is 0 Å². The molecule has 5 rings (SSSR count). The van der Waals surface area contributed by atoms with Crippen molar-refractivity contribution in [3.63, 3.8) is 0 Å². The van der Waals surface area contributed by atoms with Gasteiger partial charge >= 0.3 is 0 Å². The molecule has 188 valence electrons. The van der Waals surface area contributed by atoms with Crippen molar-refractivity contribution in [2.24, 2.45) is 11.1 Å². The Hall–Kier alpha value is -2.96. The molecule has 1 aromatic heterocycles. The quantitative estimate of drug-likeness (QED) is 0.421. The fourth-order valence-corrected chi connectivity index (χ4v) is 6.34. The minimum absolute atomic E-state index is 0.198. The van der Waals surface area contributed by atoms with Gasteiger partial charge < -0.3 is 10.6 Å². The van der Waals surface area contributed by atoms with Gasteiger partial charge in [-0.25, -0.2) is 4.39 Å². The molecule has 2 aliphatic rings. The van der Waals surface area contributed by atoms with Crippen LogP contribution in [0.2, 0.25) is 0 Å². The highest BCUT2D eigenvalue weighted by atomic mass is 32.1. The average molecular weight is 504 g/mol. The smallest absolute Gasteiger partial charge is 0.248 e. The van der Waals surface area contributed by atoms with Gasteiger partial charge in [0.2, 0.25) is 5.91 Å². The Kier molecular flexibility index (Phi) is 7.00. The Balaban J connectivity index is 1.30. The summed E-state index contributed by atoms with van der Waals surface area (Å²) >= 11 is 1.81. The number of carbonyl (C=O) groups excluding carboxylic acids is 1. The van der Waals surface area contributed by atoms with Crippen LogP contribution < -0.4 is 10.6 Å². The molecule has 1 saturated heterocycles. The van der Waals surface area contributed by atoms with Crippen molar-refractivity contribution in [1.29, 1.82) is 0 Å². The Morgan fingerprint density at radius 1 is 1.00 bits per heavy atom. The zero-order valence-electron chi connectivity index (χ0n) is 21.1. The highest BCUT2D eigenvalue weighted by Crippen LogP contribution is 2.45. The molecule has 2 heterocycles. The number of hydrogen-bond acceptors (Lipinski definition) is 4. The Bertz CT molecular complexity index is 1250. The summed E-state index contributed by atoms with van der Waals surface area (Å²) in [5.74, 6) is -0.586. The third-order valence-electron chi connectivity index (χ3n) is 7.56. The van der Waals surface area contributed by atoms with E-state index in [1.807, 2.05) is 47.7 Å². The summed E-state index contributed by atoms with van der Waals surface area (Å²) < 4.78 is 13.4. The first-order valence-corrected chi connectivity index (χ1v) is 13.6. The van der Waals surface area contributed by atoms with Crippen LogP contribution in [0.25, 0.3) is 16.7 Å². The van der Waals surface area contributed by atoms with E-state index in [2.05, 4.69) is 35.1 Å². The minimum Gasteiger partial charge on any atom is -0.369 e. The molecule has 2 N–H and O–H groups in total. The molecular weight excluding hydrogens is 469 g/mol. The monoisotopic (exact) mass is 503 g/mol. The molecule has 1 aliphatic heterocycles. The second kappa shape index (κ2) is 10.2. The third-order valence-corrected chi connectivity index (χ3v) is 8.55. The molecular formula is C30H34FN3OS. The van der Waals surface area contributed by atoms with E-state index >= 15 is 0 Å². The number of piperazine rings is 1. The average Bonchev–Trinajstić information content (AvgIpc) is 3.36. The van der Waals surface area contributed by atoms with E-state index in [-0.39, 0.29) is 11.7 Å². The minimum atomic E-state index is -0.387. The summed E-state index contributed by atoms with van der Waals surface area (Å²) in [7, 11) is 0. The van der Waals surface area contributed by atoms with Crippen LogP contribution in [-0.4, -0.2) is 43.5 Å². The molecule has 0 unspecified atom stereocenters. The molecule has 0 saturated carbocycles. The van der Waals surface area contributed by atoms with Gasteiger partial charge in [-0.3, -0.25) is 9.69 Å². The molecule has 6 heteroatoms. The number of carbonyl (C=O) groups is 1. The second-order valence-corrected chi connectivity index (χ2v) is 11.7. The van der Waals surface area contributed by atoms with Crippen LogP contribution in [0.1, 0.15) is 48.3 Å². The molecule has 36 heavy (non-hydrogen) atoms. The number of halogens is 1. The summed E-state index contributed by atoms with van der Waals surface area (Å²) in [5.41, 5.74) is 12.7. The fourth-order valence-electron chi connectivity index (χ4n) is 5.33. The lowest BCUT2D eigenvalue weighted by Gasteiger charge is -2.39. The van der Waals surface area contributed by atoms with Crippen LogP contribution in [0.4, 0.5) is 10.1 Å². The first-order valence-electron chi connectivity index (χ1n) is 12.7. The van der Waals surface area contributed by atoms with Gasteiger partial charge in [-0.05, 0) is 89.2 Å². The summed E-state index contributed by atoms with van der Waals surface area (Å²) in [6.45, 7) is 9.74. The Labute approximate surface area is 217 Å². The maximum absolute atomic E-state index is 13.4. The topological polar surface area (TPSA) is 49.6 Å². The lowest BCUT2D eigenvalue weighted by molar-refractivity contribution is 0.100. The standard InChI is InChI=1S/C30H34FN3OS/c1-30(2)12-11-23(27(18-30)28-17-24(20-36-28)21-3-7-25(31)8-4-21)19-33-13-15-34(16-14-33)26-9-5-22(6-10-26)29(32)35/h3-10,17,20H,11-16,18-19H2,1-2H3,(H2,32,35). The third kappa shape index (κ3) is 5.55. The van der Waals surface area contributed by atoms with Crippen LogP contribution in [0, 0.1) is 11.2 Å². The van der Waals surface area contributed by atoms with Crippen LogP contribution >= 0.6 is 11.3 Å². The highest BCUT2D eigenvalue weighted by molar-refractivity contribution is 7.11. The van der Waals surface area contributed by atoms with Gasteiger partial charge in [0.25, 0.3) is 0 Å². The Morgan fingerprint density at radius 3 is 2.36 bits per heavy atom. The maximum atomic E-state index is 13.4.